The monoisotopic (exact) mass is 748 g/mol. The highest BCUT2D eigenvalue weighted by molar-refractivity contribution is 6.25. The van der Waals surface area contributed by atoms with Gasteiger partial charge in [-0.15, -0.1) is 0 Å². The smallest absolute Gasteiger partial charge is 0.0991 e. The lowest BCUT2D eigenvalue weighted by Crippen LogP contribution is -2.09. The van der Waals surface area contributed by atoms with Gasteiger partial charge < -0.3 is 4.90 Å². The molecule has 0 fully saturated rings. The van der Waals surface area contributed by atoms with Gasteiger partial charge in [-0.2, -0.15) is 5.26 Å². The lowest BCUT2D eigenvalue weighted by molar-refractivity contribution is 1.29. The highest BCUT2D eigenvalue weighted by atomic mass is 15.1. The van der Waals surface area contributed by atoms with E-state index < -0.39 is 0 Å². The maximum atomic E-state index is 9.56. The van der Waals surface area contributed by atoms with Crippen LogP contribution in [-0.4, -0.2) is 0 Å². The van der Waals surface area contributed by atoms with Crippen molar-refractivity contribution in [1.82, 2.24) is 0 Å². The van der Waals surface area contributed by atoms with Crippen LogP contribution in [0.4, 0.5) is 17.1 Å². The van der Waals surface area contributed by atoms with Gasteiger partial charge in [0.2, 0.25) is 0 Å². The van der Waals surface area contributed by atoms with E-state index in [1.54, 1.807) is 0 Å². The summed E-state index contributed by atoms with van der Waals surface area (Å²) in [6.07, 6.45) is 0. The number of nitriles is 1. The van der Waals surface area contributed by atoms with Crippen LogP contribution < -0.4 is 4.90 Å². The number of nitrogens with zero attached hydrogens (tertiary/aromatic N) is 2. The molecule has 0 spiro atoms. The number of rotatable bonds is 6. The van der Waals surface area contributed by atoms with Crippen molar-refractivity contribution in [3.8, 4) is 39.4 Å². The Kier molecular flexibility index (Phi) is 8.24. The minimum atomic E-state index is 0.637. The van der Waals surface area contributed by atoms with Gasteiger partial charge >= 0.3 is 0 Å². The molecule has 0 radical (unpaired) electrons. The number of hydrogen-bond acceptors (Lipinski definition) is 2. The third kappa shape index (κ3) is 5.88. The molecule has 0 saturated carbocycles. The van der Waals surface area contributed by atoms with E-state index in [4.69, 9.17) is 0 Å². The maximum absolute atomic E-state index is 9.56. The standard InChI is InChI=1S/C57H36N2/c58-37-38-23-29-45(30-24-38)59(47-33-27-39-11-1-2-14-43(39)35-47)46-31-25-40(26-32-46)44-28-34-54-55(36-44)57(51-22-10-16-42-13-4-6-18-49(42)51)53-20-8-7-19-52(53)56(54)50-21-9-15-41-12-3-5-17-48(41)50/h1-36H. The van der Waals surface area contributed by atoms with Gasteiger partial charge in [0.1, 0.15) is 0 Å². The van der Waals surface area contributed by atoms with Crippen molar-refractivity contribution in [3.63, 3.8) is 0 Å². The van der Waals surface area contributed by atoms with Gasteiger partial charge in [-0.05, 0) is 142 Å². The van der Waals surface area contributed by atoms with E-state index in [-0.39, 0.29) is 0 Å². The Morgan fingerprint density at radius 2 is 0.763 bits per heavy atom. The Morgan fingerprint density at radius 1 is 0.305 bits per heavy atom. The molecule has 0 aliphatic heterocycles. The summed E-state index contributed by atoms with van der Waals surface area (Å²) in [7, 11) is 0. The molecule has 0 atom stereocenters. The highest BCUT2D eigenvalue weighted by Crippen LogP contribution is 2.48. The first-order valence-electron chi connectivity index (χ1n) is 20.1. The van der Waals surface area contributed by atoms with Gasteiger partial charge in [0.05, 0.1) is 11.6 Å². The van der Waals surface area contributed by atoms with Gasteiger partial charge in [0.25, 0.3) is 0 Å². The molecule has 2 nitrogen and oxygen atoms in total. The zero-order valence-electron chi connectivity index (χ0n) is 32.2. The summed E-state index contributed by atoms with van der Waals surface area (Å²) < 4.78 is 0. The van der Waals surface area contributed by atoms with E-state index in [2.05, 4.69) is 205 Å². The lowest BCUT2D eigenvalue weighted by atomic mass is 9.83. The lowest BCUT2D eigenvalue weighted by Gasteiger charge is -2.26. The van der Waals surface area contributed by atoms with Crippen LogP contribution in [0.3, 0.4) is 0 Å². The summed E-state index contributed by atoms with van der Waals surface area (Å²) in [5, 5.41) is 21.8. The normalized spacial score (nSPS) is 11.4. The van der Waals surface area contributed by atoms with Crippen LogP contribution in [0.25, 0.3) is 87.2 Å². The van der Waals surface area contributed by atoms with Crippen LogP contribution in [0, 0.1) is 11.3 Å². The van der Waals surface area contributed by atoms with E-state index in [9.17, 15) is 5.26 Å². The van der Waals surface area contributed by atoms with Crippen molar-refractivity contribution in [2.45, 2.75) is 0 Å². The van der Waals surface area contributed by atoms with Crippen LogP contribution >= 0.6 is 0 Å². The van der Waals surface area contributed by atoms with E-state index >= 15 is 0 Å². The summed E-state index contributed by atoms with van der Waals surface area (Å²) in [5.74, 6) is 0. The van der Waals surface area contributed by atoms with Crippen LogP contribution in [0.5, 0.6) is 0 Å². The molecule has 0 heterocycles. The molecule has 0 amide bonds. The quantitative estimate of drug-likeness (QED) is 0.158. The molecule has 2 heteroatoms. The van der Waals surface area contributed by atoms with Gasteiger partial charge in [-0.25, -0.2) is 0 Å². The predicted octanol–water partition coefficient (Wildman–Crippen LogP) is 15.8. The molecule has 0 aliphatic rings. The second-order valence-corrected chi connectivity index (χ2v) is 15.2. The van der Waals surface area contributed by atoms with Crippen molar-refractivity contribution < 1.29 is 0 Å². The fourth-order valence-electron chi connectivity index (χ4n) is 9.08. The summed E-state index contributed by atoms with van der Waals surface area (Å²) >= 11 is 0. The second kappa shape index (κ2) is 14.2. The summed E-state index contributed by atoms with van der Waals surface area (Å²) in [6, 6.07) is 80.8. The summed E-state index contributed by atoms with van der Waals surface area (Å²) in [4.78, 5) is 2.26. The molecule has 274 valence electrons. The van der Waals surface area contributed by atoms with E-state index in [1.165, 1.54) is 76.1 Å². The largest absolute Gasteiger partial charge is 0.310 e. The highest BCUT2D eigenvalue weighted by Gasteiger charge is 2.20. The number of benzene rings is 11. The van der Waals surface area contributed by atoms with Crippen molar-refractivity contribution >= 4 is 70.9 Å². The third-order valence-electron chi connectivity index (χ3n) is 11.8. The van der Waals surface area contributed by atoms with Crippen LogP contribution in [0.15, 0.2) is 218 Å². The van der Waals surface area contributed by atoms with E-state index in [1.807, 2.05) is 24.3 Å². The molecule has 11 rings (SSSR count). The van der Waals surface area contributed by atoms with E-state index in [0.717, 1.165) is 28.2 Å². The third-order valence-corrected chi connectivity index (χ3v) is 11.8. The first-order chi connectivity index (χ1) is 29.2. The summed E-state index contributed by atoms with van der Waals surface area (Å²) in [5.41, 5.74) is 11.0. The SMILES string of the molecule is N#Cc1ccc(N(c2ccc(-c3ccc4c(-c5cccc6ccccc56)c5ccccc5c(-c5cccc6ccccc56)c4c3)cc2)c2ccc3ccccc3c2)cc1. The number of hydrogen-bond donors (Lipinski definition) is 0. The Morgan fingerprint density at radius 3 is 1.37 bits per heavy atom. The molecule has 0 aromatic heterocycles. The minimum Gasteiger partial charge on any atom is -0.310 e. The minimum absolute atomic E-state index is 0.637. The Balaban J connectivity index is 1.12. The van der Waals surface area contributed by atoms with Crippen LogP contribution in [0.2, 0.25) is 0 Å². The molecule has 0 bridgehead atoms. The molecule has 0 aliphatic carbocycles. The Bertz CT molecular complexity index is 3440. The zero-order chi connectivity index (χ0) is 39.3. The second-order valence-electron chi connectivity index (χ2n) is 15.2. The van der Waals surface area contributed by atoms with Crippen molar-refractivity contribution in [3.05, 3.63) is 224 Å². The maximum Gasteiger partial charge on any atom is 0.0991 e. The molecular weight excluding hydrogens is 713 g/mol. The number of fused-ring (bicyclic) bond motifs is 5. The predicted molar refractivity (Wildman–Crippen MR) is 250 cm³/mol. The fourth-order valence-corrected chi connectivity index (χ4v) is 9.08. The average molecular weight is 749 g/mol. The van der Waals surface area contributed by atoms with Crippen LogP contribution in [-0.2, 0) is 0 Å². The number of anilines is 3. The molecular formula is C57H36N2. The molecule has 0 unspecified atom stereocenters. The molecule has 59 heavy (non-hydrogen) atoms. The fraction of sp³-hybridized carbons (Fsp3) is 0. The van der Waals surface area contributed by atoms with Gasteiger partial charge in [-0.1, -0.05) is 164 Å². The molecule has 11 aromatic rings. The molecule has 0 N–H and O–H groups in total. The first-order valence-corrected chi connectivity index (χ1v) is 20.1. The van der Waals surface area contributed by atoms with Crippen molar-refractivity contribution in [1.29, 1.82) is 5.26 Å². The van der Waals surface area contributed by atoms with Gasteiger partial charge in [-0.3, -0.25) is 0 Å². The van der Waals surface area contributed by atoms with Gasteiger partial charge in [0.15, 0.2) is 0 Å². The average Bonchev–Trinajstić information content (AvgIpc) is 3.31. The Labute approximate surface area is 343 Å². The zero-order valence-corrected chi connectivity index (χ0v) is 32.2. The van der Waals surface area contributed by atoms with E-state index in [0.29, 0.717) is 5.56 Å². The summed E-state index contributed by atoms with van der Waals surface area (Å²) in [6.45, 7) is 0. The topological polar surface area (TPSA) is 27.0 Å². The van der Waals surface area contributed by atoms with Crippen molar-refractivity contribution in [2.24, 2.45) is 0 Å². The van der Waals surface area contributed by atoms with Crippen molar-refractivity contribution in [2.75, 3.05) is 4.90 Å². The first kappa shape index (κ1) is 34.3. The Hall–Kier alpha value is -7.99. The molecule has 11 aromatic carbocycles. The molecule has 0 saturated heterocycles. The van der Waals surface area contributed by atoms with Gasteiger partial charge in [0, 0.05) is 17.1 Å². The van der Waals surface area contributed by atoms with Crippen LogP contribution in [0.1, 0.15) is 5.56 Å².